The van der Waals surface area contributed by atoms with Gasteiger partial charge in [0.1, 0.15) is 0 Å². The van der Waals surface area contributed by atoms with Gasteiger partial charge in [-0.1, -0.05) is 6.92 Å². The van der Waals surface area contributed by atoms with Crippen LogP contribution < -0.4 is 0 Å². The minimum Gasteiger partial charge on any atom is -0.349 e. The summed E-state index contributed by atoms with van der Waals surface area (Å²) in [6, 6.07) is 0. The van der Waals surface area contributed by atoms with Crippen molar-refractivity contribution in [3.8, 4) is 0 Å². The first-order valence-electron chi connectivity index (χ1n) is 3.01. The molecule has 1 unspecified atom stereocenters. The van der Waals surface area contributed by atoms with Crippen molar-refractivity contribution in [1.82, 2.24) is 0 Å². The van der Waals surface area contributed by atoms with Crippen molar-refractivity contribution < 1.29 is 9.47 Å². The lowest BCUT2D eigenvalue weighted by Gasteiger charge is -2.12. The largest absolute Gasteiger partial charge is 0.349 e. The lowest BCUT2D eigenvalue weighted by atomic mass is 10.3. The van der Waals surface area contributed by atoms with Crippen LogP contribution in [0.5, 0.6) is 0 Å². The van der Waals surface area contributed by atoms with Crippen LogP contribution in [0.3, 0.4) is 0 Å². The molecule has 1 rings (SSSR count). The smallest absolute Gasteiger partial charge is 0.173 e. The first kappa shape index (κ1) is 7.32. The maximum absolute atomic E-state index is 5.76. The van der Waals surface area contributed by atoms with Gasteiger partial charge in [0.05, 0.1) is 18.6 Å². The van der Waals surface area contributed by atoms with Crippen LogP contribution in [0.15, 0.2) is 0 Å². The van der Waals surface area contributed by atoms with Crippen LogP contribution in [0.25, 0.3) is 0 Å². The van der Waals surface area contributed by atoms with Gasteiger partial charge in [0, 0.05) is 0 Å². The second-order valence-electron chi connectivity index (χ2n) is 1.91. The molecule has 1 heterocycles. The molecule has 3 heteroatoms. The highest BCUT2D eigenvalue weighted by molar-refractivity contribution is 6.20. The van der Waals surface area contributed by atoms with E-state index in [9.17, 15) is 0 Å². The van der Waals surface area contributed by atoms with Crippen molar-refractivity contribution in [1.29, 1.82) is 0 Å². The molecular weight excluding hydrogens is 140 g/mol. The summed E-state index contributed by atoms with van der Waals surface area (Å²) >= 11 is 5.76. The van der Waals surface area contributed by atoms with Crippen LogP contribution >= 0.6 is 11.6 Å². The van der Waals surface area contributed by atoms with E-state index in [-0.39, 0.29) is 11.7 Å². The molecule has 0 saturated carbocycles. The van der Waals surface area contributed by atoms with Gasteiger partial charge in [-0.3, -0.25) is 0 Å². The zero-order chi connectivity index (χ0) is 6.69. The Morgan fingerprint density at radius 3 is 2.56 bits per heavy atom. The fraction of sp³-hybridized carbons (Fsp3) is 0.833. The fourth-order valence-corrected chi connectivity index (χ4v) is 0.867. The van der Waals surface area contributed by atoms with E-state index < -0.39 is 0 Å². The van der Waals surface area contributed by atoms with Gasteiger partial charge < -0.3 is 9.47 Å². The molecule has 9 heavy (non-hydrogen) atoms. The zero-order valence-corrected chi connectivity index (χ0v) is 5.93. The Hall–Kier alpha value is 0.210. The predicted octanol–water partition coefficient (Wildman–Crippen LogP) is 1.19. The van der Waals surface area contributed by atoms with E-state index in [1.54, 1.807) is 0 Å². The van der Waals surface area contributed by atoms with Gasteiger partial charge in [-0.25, -0.2) is 0 Å². The van der Waals surface area contributed by atoms with Crippen LogP contribution in [-0.2, 0) is 9.47 Å². The summed E-state index contributed by atoms with van der Waals surface area (Å²) < 4.78 is 10.2. The number of hydrogen-bond donors (Lipinski definition) is 0. The first-order chi connectivity index (χ1) is 4.34. The number of alkyl halides is 1. The molecule has 1 atom stereocenters. The lowest BCUT2D eigenvalue weighted by molar-refractivity contribution is -0.0427. The normalized spacial score (nSPS) is 24.7. The monoisotopic (exact) mass is 149 g/mol. The molecule has 53 valence electrons. The summed E-state index contributed by atoms with van der Waals surface area (Å²) in [6.45, 7) is 4.96. The number of ether oxygens (including phenoxy) is 2. The Balaban J connectivity index is 2.24. The molecule has 0 bridgehead atoms. The van der Waals surface area contributed by atoms with Crippen molar-refractivity contribution in [2.45, 2.75) is 18.1 Å². The van der Waals surface area contributed by atoms with E-state index in [1.165, 1.54) is 0 Å². The second-order valence-corrected chi connectivity index (χ2v) is 2.48. The van der Waals surface area contributed by atoms with E-state index in [0.29, 0.717) is 19.6 Å². The molecule has 0 N–H and O–H groups in total. The summed E-state index contributed by atoms with van der Waals surface area (Å²) in [5.41, 5.74) is 0. The quantitative estimate of drug-likeness (QED) is 0.550. The van der Waals surface area contributed by atoms with Crippen molar-refractivity contribution in [2.75, 3.05) is 13.2 Å². The van der Waals surface area contributed by atoms with Crippen molar-refractivity contribution in [3.63, 3.8) is 0 Å². The van der Waals surface area contributed by atoms with Crippen molar-refractivity contribution >= 4 is 11.6 Å². The number of rotatable bonds is 2. The number of halogens is 1. The third-order valence-electron chi connectivity index (χ3n) is 1.22. The molecule has 2 nitrogen and oxygen atoms in total. The highest BCUT2D eigenvalue weighted by Crippen LogP contribution is 2.15. The lowest BCUT2D eigenvalue weighted by Crippen LogP contribution is -2.20. The molecule has 1 aliphatic rings. The van der Waals surface area contributed by atoms with Gasteiger partial charge in [-0.15, -0.1) is 11.6 Å². The molecule has 0 aromatic carbocycles. The zero-order valence-electron chi connectivity index (χ0n) is 5.18. The topological polar surface area (TPSA) is 18.5 Å². The molecule has 1 radical (unpaired) electrons. The van der Waals surface area contributed by atoms with Gasteiger partial charge in [0.25, 0.3) is 0 Å². The SMILES string of the molecule is [CH2]CC(Cl)C1OCCO1. The van der Waals surface area contributed by atoms with Crippen LogP contribution in [-0.4, -0.2) is 24.9 Å². The van der Waals surface area contributed by atoms with Gasteiger partial charge in [0.15, 0.2) is 6.29 Å². The number of hydrogen-bond acceptors (Lipinski definition) is 2. The molecular formula is C6H10ClO2. The Kier molecular flexibility index (Phi) is 2.76. The first-order valence-corrected chi connectivity index (χ1v) is 3.44. The third kappa shape index (κ3) is 1.81. The van der Waals surface area contributed by atoms with Crippen molar-refractivity contribution in [2.24, 2.45) is 0 Å². The molecule has 0 amide bonds. The van der Waals surface area contributed by atoms with E-state index in [2.05, 4.69) is 6.92 Å². The molecule has 1 aliphatic heterocycles. The van der Waals surface area contributed by atoms with Gasteiger partial charge in [-0.2, -0.15) is 0 Å². The standard InChI is InChI=1S/C6H10ClO2/c1-2-5(7)6-8-3-4-9-6/h5-6H,1-4H2. The van der Waals surface area contributed by atoms with Crippen LogP contribution in [0.4, 0.5) is 0 Å². The second kappa shape index (κ2) is 3.40. The molecule has 0 aliphatic carbocycles. The van der Waals surface area contributed by atoms with E-state index >= 15 is 0 Å². The third-order valence-corrected chi connectivity index (χ3v) is 1.64. The Labute approximate surface area is 60.1 Å². The minimum absolute atomic E-state index is 0.0903. The average Bonchev–Trinajstić information content (AvgIpc) is 2.37. The van der Waals surface area contributed by atoms with E-state index in [0.717, 1.165) is 0 Å². The van der Waals surface area contributed by atoms with E-state index in [1.807, 2.05) is 0 Å². The Morgan fingerprint density at radius 2 is 2.11 bits per heavy atom. The summed E-state index contributed by atoms with van der Waals surface area (Å²) in [5, 5.41) is -0.0903. The Bertz CT molecular complexity index is 81.1. The maximum Gasteiger partial charge on any atom is 0.173 e. The highest BCUT2D eigenvalue weighted by Gasteiger charge is 2.22. The maximum atomic E-state index is 5.76. The summed E-state index contributed by atoms with van der Waals surface area (Å²) in [7, 11) is 0. The average molecular weight is 150 g/mol. The minimum atomic E-state index is -0.218. The molecule has 0 aromatic heterocycles. The Morgan fingerprint density at radius 1 is 1.56 bits per heavy atom. The molecule has 0 spiro atoms. The molecule has 0 aromatic rings. The highest BCUT2D eigenvalue weighted by atomic mass is 35.5. The van der Waals surface area contributed by atoms with E-state index in [4.69, 9.17) is 21.1 Å². The summed E-state index contributed by atoms with van der Waals surface area (Å²) in [4.78, 5) is 0. The van der Waals surface area contributed by atoms with Gasteiger partial charge in [-0.05, 0) is 6.42 Å². The van der Waals surface area contributed by atoms with Crippen LogP contribution in [0.2, 0.25) is 0 Å². The summed E-state index contributed by atoms with van der Waals surface area (Å²) in [5.74, 6) is 0. The van der Waals surface area contributed by atoms with Crippen LogP contribution in [0, 0.1) is 6.92 Å². The fourth-order valence-electron chi connectivity index (χ4n) is 0.722. The van der Waals surface area contributed by atoms with Crippen molar-refractivity contribution in [3.05, 3.63) is 6.92 Å². The van der Waals surface area contributed by atoms with Crippen LogP contribution in [0.1, 0.15) is 6.42 Å². The van der Waals surface area contributed by atoms with Gasteiger partial charge >= 0.3 is 0 Å². The molecule has 1 saturated heterocycles. The van der Waals surface area contributed by atoms with Gasteiger partial charge in [0.2, 0.25) is 0 Å². The molecule has 1 fully saturated rings. The predicted molar refractivity (Wildman–Crippen MR) is 35.3 cm³/mol. The summed E-state index contributed by atoms with van der Waals surface area (Å²) in [6.07, 6.45) is 0.427.